The molecule has 2 aromatic rings. The first-order chi connectivity index (χ1) is 12.5. The van der Waals surface area contributed by atoms with E-state index >= 15 is 0 Å². The maximum Gasteiger partial charge on any atom is 0.342 e. The second kappa shape index (κ2) is 7.52. The smallest absolute Gasteiger partial charge is 0.342 e. The molecule has 0 saturated carbocycles. The van der Waals surface area contributed by atoms with E-state index in [1.807, 2.05) is 18.2 Å². The van der Waals surface area contributed by atoms with E-state index in [1.165, 1.54) is 12.0 Å². The Hall–Kier alpha value is -2.94. The molecule has 1 aromatic carbocycles. The van der Waals surface area contributed by atoms with Crippen molar-refractivity contribution in [2.75, 3.05) is 25.5 Å². The molecule has 2 heterocycles. The summed E-state index contributed by atoms with van der Waals surface area (Å²) in [5.41, 5.74) is 1.42. The van der Waals surface area contributed by atoms with Crippen molar-refractivity contribution >= 4 is 34.4 Å². The molecule has 9 heteroatoms. The predicted octanol–water partition coefficient (Wildman–Crippen LogP) is 1.94. The number of hydrogen-bond donors (Lipinski definition) is 2. The quantitative estimate of drug-likeness (QED) is 0.800. The van der Waals surface area contributed by atoms with Gasteiger partial charge in [-0.25, -0.2) is 9.59 Å². The van der Waals surface area contributed by atoms with Gasteiger partial charge >= 0.3 is 12.0 Å². The molecule has 0 spiro atoms. The summed E-state index contributed by atoms with van der Waals surface area (Å²) in [4.78, 5) is 38.6. The molecule has 0 unspecified atom stereocenters. The van der Waals surface area contributed by atoms with Crippen molar-refractivity contribution in [3.63, 3.8) is 0 Å². The van der Waals surface area contributed by atoms with Crippen molar-refractivity contribution < 1.29 is 19.1 Å². The van der Waals surface area contributed by atoms with E-state index in [4.69, 9.17) is 4.74 Å². The summed E-state index contributed by atoms with van der Waals surface area (Å²) in [6.07, 6.45) is 0. The predicted molar refractivity (Wildman–Crippen MR) is 96.1 cm³/mol. The number of aromatic nitrogens is 1. The zero-order valence-corrected chi connectivity index (χ0v) is 15.1. The lowest BCUT2D eigenvalue weighted by atomic mass is 10.0. The second-order valence-corrected chi connectivity index (χ2v) is 6.46. The number of hydrogen-bond acceptors (Lipinski definition) is 6. The monoisotopic (exact) mass is 374 g/mol. The van der Waals surface area contributed by atoms with E-state index in [9.17, 15) is 14.4 Å². The Bertz CT molecular complexity index is 837. The van der Waals surface area contributed by atoms with Gasteiger partial charge in [-0.1, -0.05) is 30.3 Å². The number of methoxy groups -OCH3 is 1. The number of carbonyl (C=O) groups excluding carboxylic acids is 3. The van der Waals surface area contributed by atoms with Crippen LogP contribution in [0.2, 0.25) is 0 Å². The number of rotatable bonds is 3. The average molecular weight is 374 g/mol. The SMILES string of the molecule is COC(=O)c1c(C)nsc1NC(=O)N1CCNC(=O)[C@H]1c1ccccc1. The zero-order chi connectivity index (χ0) is 18.7. The molecule has 0 bridgehead atoms. The number of carbonyl (C=O) groups is 3. The van der Waals surface area contributed by atoms with Gasteiger partial charge in [0, 0.05) is 13.1 Å². The zero-order valence-electron chi connectivity index (χ0n) is 14.3. The van der Waals surface area contributed by atoms with Gasteiger partial charge in [-0.15, -0.1) is 0 Å². The summed E-state index contributed by atoms with van der Waals surface area (Å²) in [5, 5.41) is 5.78. The number of benzene rings is 1. The maximum atomic E-state index is 12.8. The lowest BCUT2D eigenvalue weighted by Crippen LogP contribution is -2.53. The first-order valence-electron chi connectivity index (χ1n) is 7.97. The summed E-state index contributed by atoms with van der Waals surface area (Å²) in [6.45, 7) is 2.38. The van der Waals surface area contributed by atoms with E-state index in [0.717, 1.165) is 11.5 Å². The third kappa shape index (κ3) is 3.38. The second-order valence-electron chi connectivity index (χ2n) is 5.69. The summed E-state index contributed by atoms with van der Waals surface area (Å²) in [6, 6.07) is 7.86. The Morgan fingerprint density at radius 1 is 1.35 bits per heavy atom. The van der Waals surface area contributed by atoms with Gasteiger partial charge < -0.3 is 15.0 Å². The Kier molecular flexibility index (Phi) is 5.17. The van der Waals surface area contributed by atoms with Gasteiger partial charge in [-0.05, 0) is 24.0 Å². The molecular weight excluding hydrogens is 356 g/mol. The molecular formula is C17H18N4O4S. The van der Waals surface area contributed by atoms with E-state index < -0.39 is 18.0 Å². The highest BCUT2D eigenvalue weighted by Gasteiger charge is 2.35. The molecule has 1 aromatic heterocycles. The number of nitrogens with one attached hydrogen (secondary N) is 2. The average Bonchev–Trinajstić information content (AvgIpc) is 3.01. The number of anilines is 1. The summed E-state index contributed by atoms with van der Waals surface area (Å²) >= 11 is 1.00. The van der Waals surface area contributed by atoms with Gasteiger partial charge in [0.25, 0.3) is 0 Å². The fourth-order valence-electron chi connectivity index (χ4n) is 2.82. The third-order valence-electron chi connectivity index (χ3n) is 4.06. The normalized spacial score (nSPS) is 16.8. The van der Waals surface area contributed by atoms with E-state index in [1.54, 1.807) is 19.1 Å². The molecule has 1 saturated heterocycles. The van der Waals surface area contributed by atoms with Crippen LogP contribution in [0.15, 0.2) is 30.3 Å². The first kappa shape index (κ1) is 17.9. The van der Waals surface area contributed by atoms with E-state index in [-0.39, 0.29) is 11.5 Å². The van der Waals surface area contributed by atoms with Gasteiger partial charge in [0.1, 0.15) is 16.6 Å². The van der Waals surface area contributed by atoms with Gasteiger partial charge in [0.15, 0.2) is 0 Å². The molecule has 2 N–H and O–H groups in total. The molecule has 1 aliphatic heterocycles. The first-order valence-corrected chi connectivity index (χ1v) is 8.75. The number of aryl methyl sites for hydroxylation is 1. The molecule has 3 rings (SSSR count). The molecule has 3 amide bonds. The van der Waals surface area contributed by atoms with Crippen molar-refractivity contribution in [2.24, 2.45) is 0 Å². The molecule has 1 atom stereocenters. The summed E-state index contributed by atoms with van der Waals surface area (Å²) in [5.74, 6) is -0.811. The number of nitrogens with zero attached hydrogens (tertiary/aromatic N) is 2. The lowest BCUT2D eigenvalue weighted by molar-refractivity contribution is -0.127. The number of esters is 1. The Balaban J connectivity index is 1.87. The Labute approximate surface area is 154 Å². The van der Waals surface area contributed by atoms with Crippen LogP contribution in [0.3, 0.4) is 0 Å². The number of urea groups is 1. The van der Waals surface area contributed by atoms with Gasteiger partial charge in [-0.3, -0.25) is 10.1 Å². The van der Waals surface area contributed by atoms with Gasteiger partial charge in [-0.2, -0.15) is 4.37 Å². The van der Waals surface area contributed by atoms with E-state index in [2.05, 4.69) is 15.0 Å². The fraction of sp³-hybridized carbons (Fsp3) is 0.294. The standard InChI is InChI=1S/C17H18N4O4S/c1-10-12(16(23)25-2)15(26-20-10)19-17(24)21-9-8-18-14(22)13(21)11-6-4-3-5-7-11/h3-7,13H,8-9H2,1-2H3,(H,18,22)(H,19,24)/t13-/m1/s1. The van der Waals surface area contributed by atoms with Crippen LogP contribution in [0.1, 0.15) is 27.7 Å². The van der Waals surface area contributed by atoms with Crippen molar-refractivity contribution in [2.45, 2.75) is 13.0 Å². The highest BCUT2D eigenvalue weighted by Crippen LogP contribution is 2.28. The van der Waals surface area contributed by atoms with Crippen LogP contribution >= 0.6 is 11.5 Å². The molecule has 1 aliphatic rings. The minimum atomic E-state index is -0.736. The molecule has 0 aliphatic carbocycles. The fourth-order valence-corrected chi connectivity index (χ4v) is 3.59. The van der Waals surface area contributed by atoms with Crippen molar-refractivity contribution in [3.05, 3.63) is 47.2 Å². The van der Waals surface area contributed by atoms with Crippen molar-refractivity contribution in [3.8, 4) is 0 Å². The largest absolute Gasteiger partial charge is 0.465 e. The lowest BCUT2D eigenvalue weighted by Gasteiger charge is -2.35. The third-order valence-corrected chi connectivity index (χ3v) is 4.91. The minimum absolute atomic E-state index is 0.226. The highest BCUT2D eigenvalue weighted by molar-refractivity contribution is 7.11. The maximum absolute atomic E-state index is 12.8. The molecule has 136 valence electrons. The van der Waals surface area contributed by atoms with Crippen LogP contribution in [-0.4, -0.2) is 47.4 Å². The van der Waals surface area contributed by atoms with E-state index in [0.29, 0.717) is 29.3 Å². The van der Waals surface area contributed by atoms with Crippen molar-refractivity contribution in [1.82, 2.24) is 14.6 Å². The topological polar surface area (TPSA) is 101 Å². The van der Waals surface area contributed by atoms with Crippen LogP contribution in [0, 0.1) is 6.92 Å². The molecule has 8 nitrogen and oxygen atoms in total. The van der Waals surface area contributed by atoms with Crippen LogP contribution < -0.4 is 10.6 Å². The summed E-state index contributed by atoms with van der Waals surface area (Å²) < 4.78 is 8.85. The number of ether oxygens (including phenoxy) is 1. The Morgan fingerprint density at radius 2 is 2.08 bits per heavy atom. The highest BCUT2D eigenvalue weighted by atomic mass is 32.1. The van der Waals surface area contributed by atoms with Crippen LogP contribution in [-0.2, 0) is 9.53 Å². The van der Waals surface area contributed by atoms with Gasteiger partial charge in [0.2, 0.25) is 5.91 Å². The molecule has 0 radical (unpaired) electrons. The van der Waals surface area contributed by atoms with Crippen LogP contribution in [0.25, 0.3) is 0 Å². The molecule has 1 fully saturated rings. The summed E-state index contributed by atoms with van der Waals surface area (Å²) in [7, 11) is 1.27. The molecule has 26 heavy (non-hydrogen) atoms. The van der Waals surface area contributed by atoms with Gasteiger partial charge in [0.05, 0.1) is 12.8 Å². The number of amides is 3. The van der Waals surface area contributed by atoms with Crippen molar-refractivity contribution in [1.29, 1.82) is 0 Å². The van der Waals surface area contributed by atoms with Crippen LogP contribution in [0.5, 0.6) is 0 Å². The Morgan fingerprint density at radius 3 is 2.77 bits per heavy atom. The number of piperazine rings is 1. The van der Waals surface area contributed by atoms with Crippen LogP contribution in [0.4, 0.5) is 9.80 Å². The minimum Gasteiger partial charge on any atom is -0.465 e.